The van der Waals surface area contributed by atoms with E-state index in [0.717, 1.165) is 0 Å². The average Bonchev–Trinajstić information content (AvgIpc) is 3.97. The van der Waals surface area contributed by atoms with E-state index in [1.54, 1.807) is 0 Å². The molecule has 35 heteroatoms. The number of hydrogen-bond donors (Lipinski definition) is 1. The lowest BCUT2D eigenvalue weighted by Crippen LogP contribution is -2.60. The van der Waals surface area contributed by atoms with Crippen LogP contribution in [0.3, 0.4) is 0 Å². The Hall–Kier alpha value is -6.58. The van der Waals surface area contributed by atoms with Crippen molar-refractivity contribution >= 4 is 54.8 Å². The molecule has 0 spiro atoms. The summed E-state index contributed by atoms with van der Waals surface area (Å²) in [6.45, 7) is 0. The minimum Gasteiger partial charge on any atom is -0.421 e. The highest BCUT2D eigenvalue weighted by molar-refractivity contribution is 6.96. The Labute approximate surface area is 388 Å². The standard InChI is InChI=1S/6C6F5.C2H2N3.2Al/c6*7-2-1-3(8)5(10)6(11)4(2)9;1-3-2-5-4-1;;/h;;;;;;1H,(H,3,4,5);;/q;;;;;;-1;;. The minimum atomic E-state index is -5.96. The molecule has 0 amide bonds. The van der Waals surface area contributed by atoms with Crippen LogP contribution in [0.1, 0.15) is 0 Å². The van der Waals surface area contributed by atoms with Crippen molar-refractivity contribution in [2.45, 2.75) is 0 Å². The zero-order chi connectivity index (χ0) is 55.5. The molecule has 0 saturated carbocycles. The van der Waals surface area contributed by atoms with E-state index in [-0.39, 0.29) is 0 Å². The van der Waals surface area contributed by atoms with Gasteiger partial charge in [-0.3, -0.25) is 5.10 Å². The first kappa shape index (κ1) is 57.3. The summed E-state index contributed by atoms with van der Waals surface area (Å²) in [4.78, 5) is 3.43. The van der Waals surface area contributed by atoms with Gasteiger partial charge in [-0.2, -0.15) is 0 Å². The lowest BCUT2D eigenvalue weighted by Gasteiger charge is -2.20. The zero-order valence-electron chi connectivity index (χ0n) is 33.0. The predicted molar refractivity (Wildman–Crippen MR) is 182 cm³/mol. The number of halogens is 30. The smallest absolute Gasteiger partial charge is 0.413 e. The Kier molecular flexibility index (Phi) is 16.9. The molecule has 0 saturated heterocycles. The molecule has 0 bridgehead atoms. The molecule has 0 radical (unpaired) electrons. The van der Waals surface area contributed by atoms with Crippen LogP contribution in [0.5, 0.6) is 0 Å². The van der Waals surface area contributed by atoms with E-state index in [2.05, 4.69) is 21.5 Å². The molecule has 386 valence electrons. The SMILES string of the molecule is Fc1c(F)c(F)[c]([Al]([c]2c(F)c(F)c(F)c(F)c2F)[c]2c(F)c(F)c(F)c(F)c2F)c(F)c1F.Fc1c(F)c(F)[c]([Al]([c]2c(F)c(F)c(F)c(F)c2F)[c]2c(F)c(F)c(F)c(F)c2F)c(F)c1F.[c-]1nc[nH]n1. The number of aromatic nitrogens is 3. The third-order valence-electron chi connectivity index (χ3n) is 9.49. The van der Waals surface area contributed by atoms with Gasteiger partial charge in [0, 0.05) is 0 Å². The molecule has 0 aliphatic rings. The van der Waals surface area contributed by atoms with Gasteiger partial charge in [-0.25, -0.2) is 132 Å². The van der Waals surface area contributed by atoms with Crippen molar-refractivity contribution < 1.29 is 132 Å². The second kappa shape index (κ2) is 21.5. The van der Waals surface area contributed by atoms with Crippen molar-refractivity contribution in [1.29, 1.82) is 0 Å². The molecule has 7 aromatic rings. The molecular formula is C38H2Al2F30N3-. The van der Waals surface area contributed by atoms with Crippen LogP contribution >= 0.6 is 0 Å². The summed E-state index contributed by atoms with van der Waals surface area (Å²) in [5.41, 5.74) is 0. The van der Waals surface area contributed by atoms with E-state index in [1.165, 1.54) is 6.33 Å². The van der Waals surface area contributed by atoms with Gasteiger partial charge in [-0.15, -0.1) is 0 Å². The molecular weight excluding hydrogens is 1120 g/mol. The third-order valence-corrected chi connectivity index (χ3v) is 16.0. The van der Waals surface area contributed by atoms with Crippen LogP contribution in [0.2, 0.25) is 0 Å². The Morgan fingerprint density at radius 2 is 0.342 bits per heavy atom. The van der Waals surface area contributed by atoms with Gasteiger partial charge < -0.3 is 10.1 Å². The molecule has 73 heavy (non-hydrogen) atoms. The lowest BCUT2D eigenvalue weighted by molar-refractivity contribution is 0.380. The molecule has 0 atom stereocenters. The highest BCUT2D eigenvalue weighted by Crippen LogP contribution is 2.26. The summed E-state index contributed by atoms with van der Waals surface area (Å²) in [6, 6.07) is 0. The summed E-state index contributed by atoms with van der Waals surface area (Å²) in [6.07, 6.45) is 3.76. The number of benzene rings is 6. The largest absolute Gasteiger partial charge is 0.421 e. The second-order valence-electron chi connectivity index (χ2n) is 13.4. The van der Waals surface area contributed by atoms with Crippen molar-refractivity contribution in [2.75, 3.05) is 0 Å². The number of aromatic amines is 1. The van der Waals surface area contributed by atoms with E-state index in [0.29, 0.717) is 0 Å². The molecule has 0 fully saturated rings. The number of hydrogen-bond acceptors (Lipinski definition) is 2. The Morgan fingerprint density at radius 3 is 0.425 bits per heavy atom. The van der Waals surface area contributed by atoms with Crippen LogP contribution in [-0.2, 0) is 0 Å². The fourth-order valence-corrected chi connectivity index (χ4v) is 12.6. The van der Waals surface area contributed by atoms with E-state index >= 15 is 0 Å². The van der Waals surface area contributed by atoms with Crippen LogP contribution in [0.15, 0.2) is 6.33 Å². The first-order chi connectivity index (χ1) is 33.8. The molecule has 6 aromatic carbocycles. The van der Waals surface area contributed by atoms with Crippen LogP contribution < -0.4 is 26.6 Å². The maximum Gasteiger partial charge on any atom is 0.413 e. The maximum atomic E-state index is 14.4. The zero-order valence-corrected chi connectivity index (χ0v) is 35.3. The van der Waals surface area contributed by atoms with Gasteiger partial charge in [0.05, 0.1) is 0 Å². The average molecular weight is 1120 g/mol. The van der Waals surface area contributed by atoms with Gasteiger partial charge >= 0.3 is 28.3 Å². The van der Waals surface area contributed by atoms with Crippen molar-refractivity contribution in [3.8, 4) is 0 Å². The topological polar surface area (TPSA) is 41.6 Å². The summed E-state index contributed by atoms with van der Waals surface area (Å²) in [5, 5.41) is 5.81. The van der Waals surface area contributed by atoms with E-state index in [1.807, 2.05) is 0 Å². The molecule has 0 unspecified atom stereocenters. The van der Waals surface area contributed by atoms with Gasteiger partial charge in [0.25, 0.3) is 0 Å². The van der Waals surface area contributed by atoms with Crippen molar-refractivity contribution in [3.05, 3.63) is 187 Å². The van der Waals surface area contributed by atoms with E-state index < -0.39 is 229 Å². The maximum absolute atomic E-state index is 14.4. The van der Waals surface area contributed by atoms with E-state index in [4.69, 9.17) is 0 Å². The van der Waals surface area contributed by atoms with Crippen LogP contribution in [-0.4, -0.2) is 43.5 Å². The van der Waals surface area contributed by atoms with E-state index in [9.17, 15) is 132 Å². The molecule has 7 rings (SSSR count). The first-order valence-electron chi connectivity index (χ1n) is 17.6. The Balaban J connectivity index is 0.000000246. The summed E-state index contributed by atoms with van der Waals surface area (Å²) in [7, 11) is 0. The van der Waals surface area contributed by atoms with Gasteiger partial charge in [0.1, 0.15) is 0 Å². The van der Waals surface area contributed by atoms with Gasteiger partial charge in [0.15, 0.2) is 175 Å². The molecule has 0 aliphatic carbocycles. The van der Waals surface area contributed by atoms with Gasteiger partial charge in [-0.1, -0.05) is 0 Å². The third kappa shape index (κ3) is 9.50. The number of nitrogens with one attached hydrogen (secondary N) is 1. The van der Waals surface area contributed by atoms with Crippen molar-refractivity contribution in [3.63, 3.8) is 0 Å². The Bertz CT molecular complexity index is 2660. The van der Waals surface area contributed by atoms with Crippen LogP contribution in [0.4, 0.5) is 132 Å². The number of H-pyrrole nitrogens is 1. The summed E-state index contributed by atoms with van der Waals surface area (Å²) in [5.74, 6) is -89.2. The summed E-state index contributed by atoms with van der Waals surface area (Å²) < 4.78 is 403. The van der Waals surface area contributed by atoms with Crippen LogP contribution in [0.25, 0.3) is 0 Å². The lowest BCUT2D eigenvalue weighted by atomic mass is 10.3. The highest BCUT2D eigenvalue weighted by atomic mass is 27.2. The van der Waals surface area contributed by atoms with Gasteiger partial charge in [0.2, 0.25) is 0 Å². The molecule has 1 heterocycles. The quantitative estimate of drug-likeness (QED) is 0.0601. The van der Waals surface area contributed by atoms with Crippen LogP contribution in [0, 0.1) is 181 Å². The molecule has 3 nitrogen and oxygen atoms in total. The summed E-state index contributed by atoms with van der Waals surface area (Å²) >= 11 is -11.9. The Morgan fingerprint density at radius 1 is 0.219 bits per heavy atom. The fourth-order valence-electron chi connectivity index (χ4n) is 6.26. The van der Waals surface area contributed by atoms with Gasteiger partial charge in [-0.05, 0) is 39.2 Å². The predicted octanol–water partition coefficient (Wildman–Crippen LogP) is 8.18. The number of nitrogens with zero attached hydrogens (tertiary/aromatic N) is 2. The second-order valence-corrected chi connectivity index (χ2v) is 18.6. The normalized spacial score (nSPS) is 11.2. The minimum absolute atomic E-state index is 1.46. The first-order valence-corrected chi connectivity index (χ1v) is 21.1. The number of rotatable bonds is 6. The van der Waals surface area contributed by atoms with Crippen molar-refractivity contribution in [1.82, 2.24) is 15.2 Å². The molecule has 1 aromatic heterocycles. The van der Waals surface area contributed by atoms with Crippen molar-refractivity contribution in [2.24, 2.45) is 0 Å². The monoisotopic (exact) mass is 1120 g/mol. The fraction of sp³-hybridized carbons (Fsp3) is 0. The molecule has 1 N–H and O–H groups in total. The molecule has 0 aliphatic heterocycles. The highest BCUT2D eigenvalue weighted by Gasteiger charge is 2.49.